The summed E-state index contributed by atoms with van der Waals surface area (Å²) in [6, 6.07) is 17.4. The first-order chi connectivity index (χ1) is 18.7. The van der Waals surface area contributed by atoms with Crippen molar-refractivity contribution in [3.63, 3.8) is 0 Å². The average molecular weight is 579 g/mol. The molecular formula is C28H32BrN7O2. The highest BCUT2D eigenvalue weighted by atomic mass is 79.9. The van der Waals surface area contributed by atoms with E-state index in [0.717, 1.165) is 79.7 Å². The summed E-state index contributed by atoms with van der Waals surface area (Å²) in [6.07, 6.45) is 1.59. The first kappa shape index (κ1) is 25.1. The lowest BCUT2D eigenvalue weighted by molar-refractivity contribution is 0.0105. The Labute approximate surface area is 230 Å². The first-order valence-corrected chi connectivity index (χ1v) is 14.0. The van der Waals surface area contributed by atoms with E-state index in [1.54, 1.807) is 6.33 Å². The molecule has 38 heavy (non-hydrogen) atoms. The second-order valence-corrected chi connectivity index (χ2v) is 10.6. The Morgan fingerprint density at radius 1 is 0.947 bits per heavy atom. The Hall–Kier alpha value is -3.21. The molecule has 2 fully saturated rings. The maximum Gasteiger partial charge on any atom is 0.187 e. The number of ether oxygens (including phenoxy) is 2. The number of fused-ring (bicyclic) bond motifs is 1. The fraction of sp³-hybridized carbons (Fsp3) is 0.393. The summed E-state index contributed by atoms with van der Waals surface area (Å²) in [7, 11) is 0. The molecule has 9 nitrogen and oxygen atoms in total. The van der Waals surface area contributed by atoms with Gasteiger partial charge in [-0.05, 0) is 46.1 Å². The molecule has 1 unspecified atom stereocenters. The van der Waals surface area contributed by atoms with Gasteiger partial charge >= 0.3 is 0 Å². The normalized spacial score (nSPS) is 17.6. The van der Waals surface area contributed by atoms with E-state index in [9.17, 15) is 0 Å². The predicted octanol–water partition coefficient (Wildman–Crippen LogP) is 4.21. The summed E-state index contributed by atoms with van der Waals surface area (Å²) in [5.74, 6) is 1.84. The van der Waals surface area contributed by atoms with E-state index in [1.807, 2.05) is 0 Å². The number of rotatable bonds is 7. The van der Waals surface area contributed by atoms with Crippen LogP contribution in [0.4, 0.5) is 11.5 Å². The van der Waals surface area contributed by atoms with Crippen LogP contribution >= 0.6 is 15.9 Å². The Morgan fingerprint density at radius 3 is 2.50 bits per heavy atom. The molecule has 198 valence electrons. The summed E-state index contributed by atoms with van der Waals surface area (Å²) in [4.78, 5) is 16.1. The van der Waals surface area contributed by atoms with Crippen molar-refractivity contribution in [1.29, 1.82) is 0 Å². The van der Waals surface area contributed by atoms with E-state index >= 15 is 0 Å². The van der Waals surface area contributed by atoms with Crippen LogP contribution in [0.25, 0.3) is 22.2 Å². The third-order valence-electron chi connectivity index (χ3n) is 7.42. The van der Waals surface area contributed by atoms with Gasteiger partial charge < -0.3 is 19.3 Å². The molecule has 0 aliphatic carbocycles. The van der Waals surface area contributed by atoms with Crippen molar-refractivity contribution in [2.24, 2.45) is 0 Å². The molecule has 0 amide bonds. The molecule has 0 saturated carbocycles. The van der Waals surface area contributed by atoms with Crippen LogP contribution in [0.15, 0.2) is 59.5 Å². The second-order valence-electron chi connectivity index (χ2n) is 9.76. The van der Waals surface area contributed by atoms with E-state index in [2.05, 4.69) is 106 Å². The van der Waals surface area contributed by atoms with Gasteiger partial charge in [-0.15, -0.1) is 0 Å². The van der Waals surface area contributed by atoms with Crippen LogP contribution in [-0.4, -0.2) is 90.2 Å². The molecule has 6 rings (SSSR count). The number of anilines is 2. The minimum atomic E-state index is 0.325. The summed E-state index contributed by atoms with van der Waals surface area (Å²) in [5.41, 5.74) is 4.20. The molecule has 2 aromatic carbocycles. The van der Waals surface area contributed by atoms with Crippen LogP contribution < -0.4 is 14.5 Å². The standard InChI is InChI=1S/C28H32BrN7O2/c1-20(34-13-15-37-16-14-34)18-38-24-8-7-22(21-5-3-2-4-6-21)17-23(24)35-9-11-36(12-10-35)28-25-26(29)32-33-27(25)30-19-31-28/h2-8,17,19-20H,9-16,18H2,1H3,(H,30,31,32,33). The number of hydrogen-bond acceptors (Lipinski definition) is 8. The number of halogens is 1. The number of morpholine rings is 1. The number of H-pyrrole nitrogens is 1. The Balaban J connectivity index is 1.22. The van der Waals surface area contributed by atoms with Gasteiger partial charge in [0.1, 0.15) is 29.1 Å². The SMILES string of the molecule is CC(COc1ccc(-c2ccccc2)cc1N1CCN(c2ncnc3n[nH]c(Br)c23)CC1)N1CCOCC1. The molecule has 1 atom stereocenters. The molecular weight excluding hydrogens is 546 g/mol. The Kier molecular flexibility index (Phi) is 7.44. The number of benzene rings is 2. The van der Waals surface area contributed by atoms with Gasteiger partial charge in [-0.1, -0.05) is 36.4 Å². The molecule has 4 aromatic rings. The van der Waals surface area contributed by atoms with Gasteiger partial charge in [-0.3, -0.25) is 10.00 Å². The van der Waals surface area contributed by atoms with Gasteiger partial charge in [0.15, 0.2) is 5.65 Å². The highest BCUT2D eigenvalue weighted by molar-refractivity contribution is 9.10. The molecule has 10 heteroatoms. The van der Waals surface area contributed by atoms with Crippen molar-refractivity contribution in [1.82, 2.24) is 25.1 Å². The van der Waals surface area contributed by atoms with Crippen molar-refractivity contribution < 1.29 is 9.47 Å². The predicted molar refractivity (Wildman–Crippen MR) is 153 cm³/mol. The maximum atomic E-state index is 6.49. The monoisotopic (exact) mass is 577 g/mol. The Morgan fingerprint density at radius 2 is 1.71 bits per heavy atom. The van der Waals surface area contributed by atoms with Gasteiger partial charge in [0.25, 0.3) is 0 Å². The lowest BCUT2D eigenvalue weighted by atomic mass is 10.0. The van der Waals surface area contributed by atoms with Crippen LogP contribution in [0.3, 0.4) is 0 Å². The molecule has 2 aromatic heterocycles. The zero-order valence-corrected chi connectivity index (χ0v) is 23.1. The van der Waals surface area contributed by atoms with Crippen LogP contribution in [0, 0.1) is 0 Å². The third kappa shape index (κ3) is 5.21. The largest absolute Gasteiger partial charge is 0.490 e. The van der Waals surface area contributed by atoms with Crippen molar-refractivity contribution in [2.45, 2.75) is 13.0 Å². The number of aromatic nitrogens is 4. The summed E-state index contributed by atoms with van der Waals surface area (Å²) in [5, 5.41) is 8.16. The minimum absolute atomic E-state index is 0.325. The number of hydrogen-bond donors (Lipinski definition) is 1. The van der Waals surface area contributed by atoms with Gasteiger partial charge in [0.2, 0.25) is 0 Å². The van der Waals surface area contributed by atoms with Crippen LogP contribution in [-0.2, 0) is 4.74 Å². The lowest BCUT2D eigenvalue weighted by Crippen LogP contribution is -2.47. The van der Waals surface area contributed by atoms with Crippen molar-refractivity contribution in [2.75, 3.05) is 68.9 Å². The molecule has 1 N–H and O–H groups in total. The first-order valence-electron chi connectivity index (χ1n) is 13.2. The Bertz CT molecular complexity index is 1370. The summed E-state index contributed by atoms with van der Waals surface area (Å²) >= 11 is 3.57. The summed E-state index contributed by atoms with van der Waals surface area (Å²) < 4.78 is 12.8. The van der Waals surface area contributed by atoms with Gasteiger partial charge in [-0.2, -0.15) is 5.10 Å². The zero-order valence-electron chi connectivity index (χ0n) is 21.5. The second kappa shape index (κ2) is 11.3. The van der Waals surface area contributed by atoms with E-state index in [4.69, 9.17) is 9.47 Å². The molecule has 2 aliphatic rings. The maximum absolute atomic E-state index is 6.49. The highest BCUT2D eigenvalue weighted by Crippen LogP contribution is 2.36. The summed E-state index contributed by atoms with van der Waals surface area (Å²) in [6.45, 7) is 9.75. The molecule has 0 radical (unpaired) electrons. The number of aromatic amines is 1. The van der Waals surface area contributed by atoms with Crippen molar-refractivity contribution in [3.05, 3.63) is 59.5 Å². The van der Waals surface area contributed by atoms with Crippen molar-refractivity contribution in [3.8, 4) is 16.9 Å². The van der Waals surface area contributed by atoms with E-state index in [-0.39, 0.29) is 0 Å². The highest BCUT2D eigenvalue weighted by Gasteiger charge is 2.25. The minimum Gasteiger partial charge on any atom is -0.490 e. The zero-order chi connectivity index (χ0) is 25.9. The fourth-order valence-corrected chi connectivity index (χ4v) is 5.68. The molecule has 4 heterocycles. The molecule has 2 aliphatic heterocycles. The van der Waals surface area contributed by atoms with E-state index < -0.39 is 0 Å². The third-order valence-corrected chi connectivity index (χ3v) is 8.00. The lowest BCUT2D eigenvalue weighted by Gasteiger charge is -2.38. The molecule has 2 saturated heterocycles. The quantitative estimate of drug-likeness (QED) is 0.350. The number of nitrogens with zero attached hydrogens (tertiary/aromatic N) is 6. The van der Waals surface area contributed by atoms with Crippen LogP contribution in [0.2, 0.25) is 0 Å². The van der Waals surface area contributed by atoms with Crippen LogP contribution in [0.1, 0.15) is 6.92 Å². The topological polar surface area (TPSA) is 82.6 Å². The fourth-order valence-electron chi connectivity index (χ4n) is 5.24. The number of nitrogens with one attached hydrogen (secondary N) is 1. The van der Waals surface area contributed by atoms with Crippen LogP contribution in [0.5, 0.6) is 5.75 Å². The molecule has 0 spiro atoms. The number of piperazine rings is 1. The van der Waals surface area contributed by atoms with Gasteiger partial charge in [0, 0.05) is 45.3 Å². The van der Waals surface area contributed by atoms with E-state index in [1.165, 1.54) is 11.1 Å². The average Bonchev–Trinajstić information content (AvgIpc) is 3.37. The smallest absolute Gasteiger partial charge is 0.187 e. The van der Waals surface area contributed by atoms with E-state index in [0.29, 0.717) is 18.3 Å². The molecule has 0 bridgehead atoms. The van der Waals surface area contributed by atoms with Gasteiger partial charge in [0.05, 0.1) is 24.3 Å². The van der Waals surface area contributed by atoms with Gasteiger partial charge in [-0.25, -0.2) is 9.97 Å². The van der Waals surface area contributed by atoms with Crippen molar-refractivity contribution >= 4 is 38.5 Å².